The van der Waals surface area contributed by atoms with E-state index in [2.05, 4.69) is 25.9 Å². The number of anilines is 1. The van der Waals surface area contributed by atoms with Crippen LogP contribution in [0.15, 0.2) is 23.3 Å². The molecule has 0 spiro atoms. The van der Waals surface area contributed by atoms with Crippen molar-refractivity contribution in [3.05, 3.63) is 23.9 Å². The highest BCUT2D eigenvalue weighted by molar-refractivity contribution is 14.0. The maximum absolute atomic E-state index is 11.6. The molecule has 0 bridgehead atoms. The minimum atomic E-state index is -0.495. The second-order valence-corrected chi connectivity index (χ2v) is 6.70. The minimum absolute atomic E-state index is 0. The number of ether oxygens (including phenoxy) is 1. The molecular formula is C17H31IN6O2. The van der Waals surface area contributed by atoms with Crippen LogP contribution in [0, 0.1) is 0 Å². The summed E-state index contributed by atoms with van der Waals surface area (Å²) in [6, 6.07) is 3.97. The van der Waals surface area contributed by atoms with E-state index in [4.69, 9.17) is 4.74 Å². The van der Waals surface area contributed by atoms with Crippen LogP contribution in [-0.2, 0) is 11.3 Å². The van der Waals surface area contributed by atoms with E-state index >= 15 is 0 Å². The Balaban J connectivity index is 0.00000625. The molecule has 0 aliphatic rings. The van der Waals surface area contributed by atoms with Gasteiger partial charge in [0.1, 0.15) is 11.4 Å². The third-order valence-electron chi connectivity index (χ3n) is 3.04. The number of pyridine rings is 1. The largest absolute Gasteiger partial charge is 0.444 e. The molecule has 1 aromatic rings. The highest BCUT2D eigenvalue weighted by atomic mass is 127. The molecule has 0 atom stereocenters. The van der Waals surface area contributed by atoms with Crippen LogP contribution in [0.4, 0.5) is 10.6 Å². The monoisotopic (exact) mass is 478 g/mol. The zero-order valence-electron chi connectivity index (χ0n) is 16.4. The Morgan fingerprint density at radius 1 is 1.23 bits per heavy atom. The number of hydrogen-bond donors (Lipinski definition) is 3. The molecule has 1 heterocycles. The van der Waals surface area contributed by atoms with Crippen molar-refractivity contribution >= 4 is 41.8 Å². The quantitative estimate of drug-likeness (QED) is 0.251. The molecule has 0 radical (unpaired) electrons. The Bertz CT molecular complexity index is 587. The van der Waals surface area contributed by atoms with Gasteiger partial charge in [0.05, 0.1) is 0 Å². The van der Waals surface area contributed by atoms with E-state index in [9.17, 15) is 4.79 Å². The van der Waals surface area contributed by atoms with Gasteiger partial charge >= 0.3 is 6.09 Å². The molecule has 1 aromatic heterocycles. The number of amides is 1. The highest BCUT2D eigenvalue weighted by Gasteiger charge is 2.15. The topological polar surface area (TPSA) is 90.9 Å². The van der Waals surface area contributed by atoms with E-state index in [1.807, 2.05) is 51.9 Å². The predicted octanol–water partition coefficient (Wildman–Crippen LogP) is 1.96. The molecule has 26 heavy (non-hydrogen) atoms. The van der Waals surface area contributed by atoms with E-state index in [1.54, 1.807) is 13.2 Å². The fourth-order valence-corrected chi connectivity index (χ4v) is 1.88. The molecule has 0 saturated heterocycles. The molecule has 0 aliphatic heterocycles. The summed E-state index contributed by atoms with van der Waals surface area (Å²) >= 11 is 0. The van der Waals surface area contributed by atoms with Gasteiger partial charge in [0.15, 0.2) is 5.96 Å². The van der Waals surface area contributed by atoms with Crippen LogP contribution in [-0.4, -0.2) is 56.9 Å². The number of carbonyl (C=O) groups is 1. The SMILES string of the molecule is CN=C(NCCNC(=O)OC(C)(C)C)NCc1ccnc(N(C)C)c1.I. The second kappa shape index (κ2) is 11.8. The maximum atomic E-state index is 11.6. The van der Waals surface area contributed by atoms with Gasteiger partial charge in [0.2, 0.25) is 0 Å². The number of halogens is 1. The zero-order chi connectivity index (χ0) is 18.9. The van der Waals surface area contributed by atoms with Crippen LogP contribution in [0.2, 0.25) is 0 Å². The Morgan fingerprint density at radius 3 is 2.46 bits per heavy atom. The number of guanidine groups is 1. The van der Waals surface area contributed by atoms with E-state index in [1.165, 1.54) is 0 Å². The van der Waals surface area contributed by atoms with Crippen molar-refractivity contribution in [2.24, 2.45) is 4.99 Å². The zero-order valence-corrected chi connectivity index (χ0v) is 18.8. The van der Waals surface area contributed by atoms with Gasteiger partial charge in [-0.25, -0.2) is 9.78 Å². The molecule has 3 N–H and O–H groups in total. The maximum Gasteiger partial charge on any atom is 0.407 e. The first kappa shape index (κ1) is 24.2. The number of nitrogens with zero attached hydrogens (tertiary/aromatic N) is 3. The third-order valence-corrected chi connectivity index (χ3v) is 3.04. The molecule has 8 nitrogen and oxygen atoms in total. The molecular weight excluding hydrogens is 447 g/mol. The molecule has 0 unspecified atom stereocenters. The molecule has 0 aromatic carbocycles. The number of carbonyl (C=O) groups excluding carboxylic acids is 1. The highest BCUT2D eigenvalue weighted by Crippen LogP contribution is 2.09. The lowest BCUT2D eigenvalue weighted by molar-refractivity contribution is 0.0529. The van der Waals surface area contributed by atoms with E-state index in [0.717, 1.165) is 11.4 Å². The van der Waals surface area contributed by atoms with Crippen molar-refractivity contribution in [2.45, 2.75) is 32.9 Å². The van der Waals surface area contributed by atoms with E-state index in [0.29, 0.717) is 25.6 Å². The van der Waals surface area contributed by atoms with Crippen LogP contribution in [0.3, 0.4) is 0 Å². The van der Waals surface area contributed by atoms with Gasteiger partial charge in [-0.15, -0.1) is 24.0 Å². The van der Waals surface area contributed by atoms with Crippen molar-refractivity contribution in [1.29, 1.82) is 0 Å². The van der Waals surface area contributed by atoms with Crippen molar-refractivity contribution in [1.82, 2.24) is 20.9 Å². The van der Waals surface area contributed by atoms with Crippen molar-refractivity contribution in [3.8, 4) is 0 Å². The summed E-state index contributed by atoms with van der Waals surface area (Å²) in [6.45, 7) is 7.10. The van der Waals surface area contributed by atoms with Crippen LogP contribution in [0.1, 0.15) is 26.3 Å². The molecule has 148 valence electrons. The number of hydrogen-bond acceptors (Lipinski definition) is 5. The number of aliphatic imine (C=N–C) groups is 1. The predicted molar refractivity (Wildman–Crippen MR) is 116 cm³/mol. The van der Waals surface area contributed by atoms with Crippen LogP contribution in [0.25, 0.3) is 0 Å². The van der Waals surface area contributed by atoms with Gasteiger partial charge in [-0.1, -0.05) is 0 Å². The van der Waals surface area contributed by atoms with Crippen molar-refractivity contribution < 1.29 is 9.53 Å². The van der Waals surface area contributed by atoms with Gasteiger partial charge in [-0.2, -0.15) is 0 Å². The van der Waals surface area contributed by atoms with Crippen LogP contribution in [0.5, 0.6) is 0 Å². The van der Waals surface area contributed by atoms with Crippen molar-refractivity contribution in [3.63, 3.8) is 0 Å². The molecule has 9 heteroatoms. The third kappa shape index (κ3) is 10.3. The molecule has 1 amide bonds. The first-order valence-electron chi connectivity index (χ1n) is 8.25. The summed E-state index contributed by atoms with van der Waals surface area (Å²) in [5.74, 6) is 1.57. The summed E-state index contributed by atoms with van der Waals surface area (Å²) in [7, 11) is 5.61. The molecule has 0 fully saturated rings. The normalized spacial score (nSPS) is 11.2. The summed E-state index contributed by atoms with van der Waals surface area (Å²) in [5, 5.41) is 9.06. The number of alkyl carbamates (subject to hydrolysis) is 1. The van der Waals surface area contributed by atoms with Crippen LogP contribution < -0.4 is 20.9 Å². The Hall–Kier alpha value is -1.78. The van der Waals surface area contributed by atoms with Gasteiger partial charge < -0.3 is 25.6 Å². The van der Waals surface area contributed by atoms with Gasteiger partial charge in [-0.3, -0.25) is 4.99 Å². The van der Waals surface area contributed by atoms with Crippen molar-refractivity contribution in [2.75, 3.05) is 39.1 Å². The lowest BCUT2D eigenvalue weighted by Crippen LogP contribution is -2.42. The average molecular weight is 478 g/mol. The smallest absolute Gasteiger partial charge is 0.407 e. The Labute approximate surface area is 173 Å². The number of aromatic nitrogens is 1. The fourth-order valence-electron chi connectivity index (χ4n) is 1.88. The Morgan fingerprint density at radius 2 is 1.88 bits per heavy atom. The first-order chi connectivity index (χ1) is 11.7. The van der Waals surface area contributed by atoms with Gasteiger partial charge in [0, 0.05) is 47.0 Å². The number of rotatable bonds is 6. The summed E-state index contributed by atoms with van der Waals surface area (Å²) in [4.78, 5) is 22.0. The lowest BCUT2D eigenvalue weighted by Gasteiger charge is -2.20. The Kier molecular flexibility index (Phi) is 11.0. The molecule has 0 aliphatic carbocycles. The fraction of sp³-hybridized carbons (Fsp3) is 0.588. The lowest BCUT2D eigenvalue weighted by atomic mass is 10.2. The summed E-state index contributed by atoms with van der Waals surface area (Å²) < 4.78 is 5.17. The van der Waals surface area contributed by atoms with Crippen LogP contribution >= 0.6 is 24.0 Å². The molecule has 1 rings (SSSR count). The summed E-state index contributed by atoms with van der Waals surface area (Å²) in [5.41, 5.74) is 0.610. The minimum Gasteiger partial charge on any atom is -0.444 e. The van der Waals surface area contributed by atoms with Gasteiger partial charge in [0.25, 0.3) is 0 Å². The summed E-state index contributed by atoms with van der Waals surface area (Å²) in [6.07, 6.45) is 1.36. The van der Waals surface area contributed by atoms with Gasteiger partial charge in [-0.05, 0) is 38.5 Å². The second-order valence-electron chi connectivity index (χ2n) is 6.70. The number of nitrogens with one attached hydrogen (secondary N) is 3. The molecule has 0 saturated carbocycles. The standard InChI is InChI=1S/C17H30N6O2.HI/c1-17(2,3)25-16(24)21-10-9-20-15(18-4)22-12-13-7-8-19-14(11-13)23(5)6;/h7-8,11H,9-10,12H2,1-6H3,(H,21,24)(H2,18,20,22);1H. The first-order valence-corrected chi connectivity index (χ1v) is 8.25. The average Bonchev–Trinajstić information content (AvgIpc) is 2.52. The van der Waals surface area contributed by atoms with E-state index < -0.39 is 11.7 Å². The van der Waals surface area contributed by atoms with E-state index in [-0.39, 0.29) is 24.0 Å².